The van der Waals surface area contributed by atoms with Crippen molar-refractivity contribution in [2.75, 3.05) is 0 Å². The van der Waals surface area contributed by atoms with Gasteiger partial charge in [-0.05, 0) is 0 Å². The summed E-state index contributed by atoms with van der Waals surface area (Å²) in [5.74, 6) is 0. The second kappa shape index (κ2) is 8.61. The molecule has 0 spiro atoms. The van der Waals surface area contributed by atoms with E-state index < -0.39 is 0 Å². The molecule has 0 saturated carbocycles. The fraction of sp³-hybridized carbons (Fsp3) is 1.00. The summed E-state index contributed by atoms with van der Waals surface area (Å²) in [6.45, 7) is 5.04. The zero-order valence-corrected chi connectivity index (χ0v) is 7.33. The molecular weight excluding hydrogens is 123 g/mol. The van der Waals surface area contributed by atoms with Crippen LogP contribution in [0.1, 0.15) is 6.92 Å². The van der Waals surface area contributed by atoms with Crippen molar-refractivity contribution in [1.82, 2.24) is 0 Å². The Morgan fingerprint density at radius 3 is 2.36 bits per heavy atom. The molecule has 0 N–H and O–H groups in total. The topological polar surface area (TPSA) is 0 Å². The van der Waals surface area contributed by atoms with Gasteiger partial charge < -0.3 is 0 Å². The average molecular weight is 131 g/mol. The van der Waals surface area contributed by atoms with Crippen LogP contribution in [0.5, 0.6) is 0 Å². The molecule has 8 radical (unpaired) electrons. The summed E-state index contributed by atoms with van der Waals surface area (Å²) in [6.07, 6.45) is 1.19. The molecule has 8 heteroatoms. The maximum absolute atomic E-state index is 5.14. The lowest BCUT2D eigenvalue weighted by molar-refractivity contribution is 1.44. The molecule has 0 aromatic heterocycles. The van der Waals surface area contributed by atoms with Gasteiger partial charge in [-0.15, -0.1) is 0 Å². The van der Waals surface area contributed by atoms with Crippen molar-refractivity contribution in [1.29, 1.82) is 0 Å². The lowest BCUT2D eigenvalue weighted by Gasteiger charge is -2.00. The van der Waals surface area contributed by atoms with Gasteiger partial charge in [0.2, 0.25) is 0 Å². The Kier molecular flexibility index (Phi) is 9.02. The summed E-state index contributed by atoms with van der Waals surface area (Å²) in [6, 6.07) is 0. The standard InChI is InChI=1S/C3H8B8/c1-3-11(2)10-9-8-7-6-5-4/h3H2,1-2H3. The van der Waals surface area contributed by atoms with Crippen molar-refractivity contribution in [2.45, 2.75) is 20.1 Å². The van der Waals surface area contributed by atoms with E-state index in [1.54, 1.807) is 7.06 Å². The Balaban J connectivity index is 2.89. The number of hydrogen-bond acceptors (Lipinski definition) is 0. The lowest BCUT2D eigenvalue weighted by Crippen LogP contribution is -2.32. The highest BCUT2D eigenvalue weighted by atomic mass is 13.4. The van der Waals surface area contributed by atoms with Crippen LogP contribution in [0, 0.1) is 0 Å². The van der Waals surface area contributed by atoms with Gasteiger partial charge in [0.1, 0.15) is 0 Å². The molecule has 0 amide bonds. The summed E-state index contributed by atoms with van der Waals surface area (Å²) in [4.78, 5) is 0. The molecule has 0 heterocycles. The second-order valence-corrected chi connectivity index (χ2v) is 2.54. The van der Waals surface area contributed by atoms with E-state index in [-0.39, 0.29) is 0 Å². The predicted octanol–water partition coefficient (Wildman–Crippen LogP) is -1.49. The van der Waals surface area contributed by atoms with Crippen molar-refractivity contribution in [3.63, 3.8) is 0 Å². The molecule has 0 saturated heterocycles. The Hall–Kier alpha value is 0.519. The van der Waals surface area contributed by atoms with Crippen molar-refractivity contribution in [3.05, 3.63) is 0 Å². The van der Waals surface area contributed by atoms with Crippen LogP contribution in [-0.2, 0) is 0 Å². The quantitative estimate of drug-likeness (QED) is 0.291. The first kappa shape index (κ1) is 11.5. The van der Waals surface area contributed by atoms with E-state index in [0.717, 1.165) is 0 Å². The molecule has 0 unspecified atom stereocenters. The van der Waals surface area contributed by atoms with E-state index in [4.69, 9.17) is 7.74 Å². The first-order valence-corrected chi connectivity index (χ1v) is 4.03. The SMILES string of the molecule is [B][B][B][B][B][B][B]B(C)CC. The van der Waals surface area contributed by atoms with Gasteiger partial charge in [0.05, 0.1) is 6.60 Å². The average Bonchev–Trinajstić information content (AvgIpc) is 2.04. The van der Waals surface area contributed by atoms with Crippen LogP contribution in [0.15, 0.2) is 0 Å². The van der Waals surface area contributed by atoms with E-state index in [2.05, 4.69) is 20.8 Å². The smallest absolute Gasteiger partial charge is 0.0866 e. The maximum atomic E-state index is 5.14. The molecular formula is C3H8B8. The Labute approximate surface area is 77.2 Å². The molecule has 44 valence electrons. The van der Waals surface area contributed by atoms with Crippen molar-refractivity contribution in [3.8, 4) is 0 Å². The first-order chi connectivity index (χ1) is 5.31. The van der Waals surface area contributed by atoms with Crippen LogP contribution >= 0.6 is 0 Å². The summed E-state index contributed by atoms with van der Waals surface area (Å²) in [5, 5.41) is 0. The minimum absolute atomic E-state index is 0.668. The lowest BCUT2D eigenvalue weighted by atomic mass is 8.90. The van der Waals surface area contributed by atoms with Crippen LogP contribution in [0.4, 0.5) is 0 Å². The van der Waals surface area contributed by atoms with Crippen LogP contribution in [0.25, 0.3) is 0 Å². The van der Waals surface area contributed by atoms with Crippen LogP contribution in [0.2, 0.25) is 13.1 Å². The highest BCUT2D eigenvalue weighted by Gasteiger charge is 2.03. The fourth-order valence-corrected chi connectivity index (χ4v) is 0.582. The Morgan fingerprint density at radius 2 is 1.82 bits per heavy atom. The monoisotopic (exact) mass is 132 g/mol. The summed E-state index contributed by atoms with van der Waals surface area (Å²) >= 11 is 0. The largest absolute Gasteiger partial charge is 0.0935 e. The minimum atomic E-state index is 0.668. The van der Waals surface area contributed by atoms with Gasteiger partial charge in [-0.1, -0.05) is 20.1 Å². The Morgan fingerprint density at radius 1 is 1.18 bits per heavy atom. The molecule has 0 aliphatic rings. The summed E-state index contributed by atoms with van der Waals surface area (Å²) in [7, 11) is 16.6. The van der Waals surface area contributed by atoms with Crippen LogP contribution in [-0.4, -0.2) is 56.7 Å². The van der Waals surface area contributed by atoms with Gasteiger partial charge in [0.15, 0.2) is 0 Å². The van der Waals surface area contributed by atoms with Crippen molar-refractivity contribution in [2.24, 2.45) is 0 Å². The summed E-state index contributed by atoms with van der Waals surface area (Å²) in [5.41, 5.74) is 0. The predicted molar refractivity (Wildman–Crippen MR) is 62.4 cm³/mol. The highest BCUT2D eigenvalue weighted by Crippen LogP contribution is 1.84. The molecule has 0 atom stereocenters. The number of rotatable bonds is 7. The summed E-state index contributed by atoms with van der Waals surface area (Å²) < 4.78 is 0. The fourth-order valence-electron chi connectivity index (χ4n) is 0.582. The molecule has 0 aliphatic carbocycles. The van der Waals surface area contributed by atoms with Gasteiger partial charge in [-0.2, -0.15) is 0 Å². The third-order valence-electron chi connectivity index (χ3n) is 1.53. The van der Waals surface area contributed by atoms with Crippen molar-refractivity contribution >= 4 is 56.7 Å². The van der Waals surface area contributed by atoms with Gasteiger partial charge in [-0.25, -0.2) is 0 Å². The Bertz CT molecular complexity index is 75.7. The molecule has 0 aromatic rings. The highest BCUT2D eigenvalue weighted by molar-refractivity contribution is 7.65. The molecule has 11 heavy (non-hydrogen) atoms. The molecule has 0 rings (SSSR count). The minimum Gasteiger partial charge on any atom is -0.0935 e. The third-order valence-corrected chi connectivity index (χ3v) is 1.53. The van der Waals surface area contributed by atoms with Gasteiger partial charge >= 0.3 is 0 Å². The molecule has 0 nitrogen and oxygen atoms in total. The third kappa shape index (κ3) is 8.43. The molecule has 0 bridgehead atoms. The zero-order valence-electron chi connectivity index (χ0n) is 7.33. The molecule has 0 aliphatic heterocycles. The second-order valence-electron chi connectivity index (χ2n) is 2.54. The van der Waals surface area contributed by atoms with E-state index >= 15 is 0 Å². The number of hydrogen-bond donors (Lipinski definition) is 0. The van der Waals surface area contributed by atoms with Gasteiger partial charge in [0, 0.05) is 50.1 Å². The van der Waals surface area contributed by atoms with E-state index in [1.165, 1.54) is 13.4 Å². The van der Waals surface area contributed by atoms with Gasteiger partial charge in [-0.3, -0.25) is 0 Å². The first-order valence-electron chi connectivity index (χ1n) is 4.03. The van der Waals surface area contributed by atoms with Crippen molar-refractivity contribution < 1.29 is 0 Å². The van der Waals surface area contributed by atoms with E-state index in [0.29, 0.717) is 6.60 Å². The van der Waals surface area contributed by atoms with E-state index in [9.17, 15) is 0 Å². The normalized spacial score (nSPS) is 7.82. The van der Waals surface area contributed by atoms with Gasteiger partial charge in [0.25, 0.3) is 0 Å². The molecule has 0 fully saturated rings. The maximum Gasteiger partial charge on any atom is 0.0866 e. The van der Waals surface area contributed by atoms with Crippen LogP contribution in [0.3, 0.4) is 0 Å². The molecule has 0 aromatic carbocycles. The van der Waals surface area contributed by atoms with E-state index in [1.807, 2.05) is 21.2 Å². The zero-order chi connectivity index (χ0) is 8.53. The van der Waals surface area contributed by atoms with Crippen LogP contribution < -0.4 is 0 Å².